The molecular weight excluding hydrogens is 402 g/mol. The number of sulfonamides is 1. The molecule has 8 heteroatoms. The quantitative estimate of drug-likeness (QED) is 0.729. The number of aromatic nitrogens is 1. The van der Waals surface area contributed by atoms with Gasteiger partial charge < -0.3 is 9.47 Å². The number of benzene rings is 1. The summed E-state index contributed by atoms with van der Waals surface area (Å²) in [5.74, 6) is 0.304. The topological polar surface area (TPSA) is 88.5 Å². The monoisotopic (exact) mass is 431 g/mol. The van der Waals surface area contributed by atoms with Crippen molar-refractivity contribution in [1.82, 2.24) is 9.47 Å². The Kier molecular flexibility index (Phi) is 6.97. The minimum absolute atomic E-state index is 0.0307. The first-order valence-corrected chi connectivity index (χ1v) is 12.0. The average Bonchev–Trinajstić information content (AvgIpc) is 2.74. The lowest BCUT2D eigenvalue weighted by atomic mass is 9.90. The molecule has 0 radical (unpaired) electrons. The predicted molar refractivity (Wildman–Crippen MR) is 118 cm³/mol. The lowest BCUT2D eigenvalue weighted by molar-refractivity contribution is -0.133. The Labute approximate surface area is 177 Å². The molecule has 7 nitrogen and oxygen atoms in total. The van der Waals surface area contributed by atoms with Crippen LogP contribution in [0.25, 0.3) is 0 Å². The van der Waals surface area contributed by atoms with Crippen LogP contribution in [0.2, 0.25) is 0 Å². The highest BCUT2D eigenvalue weighted by Gasteiger charge is 2.24. The standard InChI is InChI=1S/C22H29N3O4S/c1-3-30(28,29)23-20-10-9-17(2)25(22(20)27)16-21(26)24-13-11-19(12-14-24)15-18-7-5-4-6-8-18/h4-10,19,23H,3,11-16H2,1-2H3. The van der Waals surface area contributed by atoms with Crippen molar-refractivity contribution >= 4 is 21.6 Å². The van der Waals surface area contributed by atoms with E-state index in [-0.39, 0.29) is 23.9 Å². The summed E-state index contributed by atoms with van der Waals surface area (Å²) >= 11 is 0. The Morgan fingerprint density at radius 3 is 2.40 bits per heavy atom. The summed E-state index contributed by atoms with van der Waals surface area (Å²) in [6.07, 6.45) is 2.89. The highest BCUT2D eigenvalue weighted by atomic mass is 32.2. The van der Waals surface area contributed by atoms with E-state index in [4.69, 9.17) is 0 Å². The van der Waals surface area contributed by atoms with E-state index in [2.05, 4.69) is 16.9 Å². The molecule has 0 atom stereocenters. The van der Waals surface area contributed by atoms with E-state index in [1.54, 1.807) is 17.9 Å². The van der Waals surface area contributed by atoms with Crippen LogP contribution in [0.15, 0.2) is 47.3 Å². The number of likely N-dealkylation sites (tertiary alicyclic amines) is 1. The fourth-order valence-corrected chi connectivity index (χ4v) is 4.39. The Morgan fingerprint density at radius 1 is 1.10 bits per heavy atom. The number of amides is 1. The second-order valence-electron chi connectivity index (χ2n) is 7.80. The number of nitrogens with one attached hydrogen (secondary N) is 1. The van der Waals surface area contributed by atoms with Crippen LogP contribution in [0.3, 0.4) is 0 Å². The number of carbonyl (C=O) groups is 1. The molecule has 0 unspecified atom stereocenters. The zero-order valence-corrected chi connectivity index (χ0v) is 18.3. The van der Waals surface area contributed by atoms with Crippen LogP contribution in [0.4, 0.5) is 5.69 Å². The molecule has 162 valence electrons. The summed E-state index contributed by atoms with van der Waals surface area (Å²) < 4.78 is 27.3. The third-order valence-electron chi connectivity index (χ3n) is 5.67. The van der Waals surface area contributed by atoms with Gasteiger partial charge in [-0.15, -0.1) is 0 Å². The molecule has 3 rings (SSSR count). The maximum Gasteiger partial charge on any atom is 0.275 e. The van der Waals surface area contributed by atoms with Gasteiger partial charge in [0.05, 0.1) is 5.75 Å². The van der Waals surface area contributed by atoms with Crippen molar-refractivity contribution in [3.8, 4) is 0 Å². The molecule has 0 spiro atoms. The zero-order valence-electron chi connectivity index (χ0n) is 17.5. The van der Waals surface area contributed by atoms with E-state index in [0.717, 1.165) is 19.3 Å². The molecule has 0 bridgehead atoms. The van der Waals surface area contributed by atoms with E-state index in [9.17, 15) is 18.0 Å². The van der Waals surface area contributed by atoms with Crippen LogP contribution in [-0.2, 0) is 27.8 Å². The number of anilines is 1. The number of carbonyl (C=O) groups excluding carboxylic acids is 1. The second-order valence-corrected chi connectivity index (χ2v) is 9.81. The first-order valence-electron chi connectivity index (χ1n) is 10.3. The molecule has 1 amide bonds. The van der Waals surface area contributed by atoms with Crippen LogP contribution >= 0.6 is 0 Å². The first-order chi connectivity index (χ1) is 14.3. The molecule has 2 heterocycles. The zero-order chi connectivity index (χ0) is 21.7. The SMILES string of the molecule is CCS(=O)(=O)Nc1ccc(C)n(CC(=O)N2CCC(Cc3ccccc3)CC2)c1=O. The molecule has 1 aromatic carbocycles. The maximum absolute atomic E-state index is 12.8. The third-order valence-corrected chi connectivity index (χ3v) is 6.96. The number of piperidine rings is 1. The second kappa shape index (κ2) is 9.47. The number of rotatable bonds is 7. The molecule has 1 N–H and O–H groups in total. The Hall–Kier alpha value is -2.61. The molecular formula is C22H29N3O4S. The van der Waals surface area contributed by atoms with Gasteiger partial charge in [-0.1, -0.05) is 30.3 Å². The van der Waals surface area contributed by atoms with Crippen LogP contribution in [0.1, 0.15) is 31.0 Å². The summed E-state index contributed by atoms with van der Waals surface area (Å²) in [5.41, 5.74) is 1.40. The smallest absolute Gasteiger partial charge is 0.275 e. The Balaban J connectivity index is 1.63. The average molecular weight is 432 g/mol. The number of nitrogens with zero attached hydrogens (tertiary/aromatic N) is 2. The van der Waals surface area contributed by atoms with Gasteiger partial charge in [0.2, 0.25) is 15.9 Å². The highest BCUT2D eigenvalue weighted by Crippen LogP contribution is 2.22. The van der Waals surface area contributed by atoms with Crippen LogP contribution in [0.5, 0.6) is 0 Å². The van der Waals surface area contributed by atoms with Gasteiger partial charge in [-0.2, -0.15) is 0 Å². The van der Waals surface area contributed by atoms with Gasteiger partial charge in [-0.05, 0) is 56.7 Å². The molecule has 1 aliphatic heterocycles. The maximum atomic E-state index is 12.8. The van der Waals surface area contributed by atoms with Gasteiger partial charge in [0.1, 0.15) is 12.2 Å². The molecule has 1 saturated heterocycles. The van der Waals surface area contributed by atoms with Crippen molar-refractivity contribution in [3.63, 3.8) is 0 Å². The predicted octanol–water partition coefficient (Wildman–Crippen LogP) is 2.40. The molecule has 1 fully saturated rings. The van der Waals surface area contributed by atoms with Crippen LogP contribution in [-0.4, -0.2) is 42.6 Å². The molecule has 0 aliphatic carbocycles. The van der Waals surface area contributed by atoms with Gasteiger partial charge >= 0.3 is 0 Å². The van der Waals surface area contributed by atoms with E-state index < -0.39 is 15.6 Å². The fraction of sp³-hybridized carbons (Fsp3) is 0.455. The summed E-state index contributed by atoms with van der Waals surface area (Å²) in [6.45, 7) is 4.49. The van der Waals surface area contributed by atoms with Gasteiger partial charge in [0.15, 0.2) is 0 Å². The summed E-state index contributed by atoms with van der Waals surface area (Å²) in [5, 5.41) is 0. The van der Waals surface area contributed by atoms with Crippen LogP contribution in [0, 0.1) is 12.8 Å². The summed E-state index contributed by atoms with van der Waals surface area (Å²) in [4.78, 5) is 27.3. The Morgan fingerprint density at radius 2 is 1.77 bits per heavy atom. The highest BCUT2D eigenvalue weighted by molar-refractivity contribution is 7.92. The van der Waals surface area contributed by atoms with Gasteiger partial charge in [-0.25, -0.2) is 8.42 Å². The first kappa shape index (κ1) is 22.1. The van der Waals surface area contributed by atoms with Crippen molar-refractivity contribution in [3.05, 3.63) is 64.1 Å². The van der Waals surface area contributed by atoms with E-state index in [1.807, 2.05) is 18.2 Å². The molecule has 0 saturated carbocycles. The minimum atomic E-state index is -3.56. The number of pyridine rings is 1. The fourth-order valence-electron chi connectivity index (χ4n) is 3.75. The number of aryl methyl sites for hydroxylation is 1. The van der Waals surface area contributed by atoms with Crippen LogP contribution < -0.4 is 10.3 Å². The molecule has 2 aromatic rings. The lowest BCUT2D eigenvalue weighted by Crippen LogP contribution is -2.42. The molecule has 1 aliphatic rings. The van der Waals surface area contributed by atoms with Gasteiger partial charge in [-0.3, -0.25) is 14.3 Å². The lowest BCUT2D eigenvalue weighted by Gasteiger charge is -2.32. The van der Waals surface area contributed by atoms with E-state index in [0.29, 0.717) is 24.7 Å². The normalized spacial score (nSPS) is 15.2. The number of hydrogen-bond donors (Lipinski definition) is 1. The van der Waals surface area contributed by atoms with Crippen molar-refractivity contribution < 1.29 is 13.2 Å². The Bertz CT molecular complexity index is 1040. The van der Waals surface area contributed by atoms with Crippen molar-refractivity contribution in [2.75, 3.05) is 23.6 Å². The van der Waals surface area contributed by atoms with Crippen molar-refractivity contribution in [1.29, 1.82) is 0 Å². The summed E-state index contributed by atoms with van der Waals surface area (Å²) in [6, 6.07) is 13.5. The number of hydrogen-bond acceptors (Lipinski definition) is 4. The largest absolute Gasteiger partial charge is 0.341 e. The van der Waals surface area contributed by atoms with E-state index >= 15 is 0 Å². The van der Waals surface area contributed by atoms with Gasteiger partial charge in [0, 0.05) is 18.8 Å². The van der Waals surface area contributed by atoms with Crippen molar-refractivity contribution in [2.24, 2.45) is 5.92 Å². The van der Waals surface area contributed by atoms with E-state index in [1.165, 1.54) is 23.1 Å². The molecule has 30 heavy (non-hydrogen) atoms. The minimum Gasteiger partial charge on any atom is -0.341 e. The van der Waals surface area contributed by atoms with Crippen molar-refractivity contribution in [2.45, 2.75) is 39.7 Å². The third kappa shape index (κ3) is 5.50. The van der Waals surface area contributed by atoms with Gasteiger partial charge in [0.25, 0.3) is 5.56 Å². The summed E-state index contributed by atoms with van der Waals surface area (Å²) in [7, 11) is -3.56. The molecule has 1 aromatic heterocycles.